The number of piperidine rings is 1. The zero-order chi connectivity index (χ0) is 20.6. The lowest BCUT2D eigenvalue weighted by molar-refractivity contribution is -0.0628. The fourth-order valence-electron chi connectivity index (χ4n) is 5.14. The van der Waals surface area contributed by atoms with Gasteiger partial charge < -0.3 is 20.1 Å². The Bertz CT molecular complexity index is 755. The summed E-state index contributed by atoms with van der Waals surface area (Å²) < 4.78 is 38.4. The van der Waals surface area contributed by atoms with Crippen LogP contribution in [0.25, 0.3) is 0 Å². The second-order valence-electron chi connectivity index (χ2n) is 8.65. The standard InChI is InChI=1S/C21H29F2N3O3/c1-28-20(27)26-9-6-21(13-26)4-7-25(8-5-21)15-11-18(24)19(29-12-15)16-10-14(22)2-3-17(16)23/h2-3,10,15,18-19H,4-9,11-13,24H2,1H3. The number of likely N-dealkylation sites (tertiary alicyclic amines) is 2. The number of amides is 1. The van der Waals surface area contributed by atoms with E-state index in [2.05, 4.69) is 4.90 Å². The molecule has 1 amide bonds. The largest absolute Gasteiger partial charge is 0.453 e. The number of rotatable bonds is 2. The molecule has 0 saturated carbocycles. The van der Waals surface area contributed by atoms with Crippen molar-refractivity contribution in [3.05, 3.63) is 35.4 Å². The van der Waals surface area contributed by atoms with E-state index in [1.807, 2.05) is 0 Å². The van der Waals surface area contributed by atoms with E-state index in [0.29, 0.717) is 13.0 Å². The molecule has 3 heterocycles. The number of benzene rings is 1. The van der Waals surface area contributed by atoms with Crippen LogP contribution in [0.4, 0.5) is 13.6 Å². The first kappa shape index (κ1) is 20.5. The Labute approximate surface area is 169 Å². The van der Waals surface area contributed by atoms with Gasteiger partial charge in [-0.05, 0) is 62.4 Å². The summed E-state index contributed by atoms with van der Waals surface area (Å²) >= 11 is 0. The van der Waals surface area contributed by atoms with Gasteiger partial charge in [0.2, 0.25) is 0 Å². The molecule has 1 spiro atoms. The second kappa shape index (κ2) is 8.16. The highest BCUT2D eigenvalue weighted by molar-refractivity contribution is 5.67. The van der Waals surface area contributed by atoms with Gasteiger partial charge in [-0.25, -0.2) is 13.6 Å². The molecule has 3 aliphatic rings. The van der Waals surface area contributed by atoms with Crippen LogP contribution in [-0.4, -0.2) is 67.9 Å². The molecule has 1 aromatic carbocycles. The number of carbonyl (C=O) groups excluding carboxylic acids is 1. The van der Waals surface area contributed by atoms with Crippen molar-refractivity contribution in [1.29, 1.82) is 0 Å². The predicted molar refractivity (Wildman–Crippen MR) is 103 cm³/mol. The maximum atomic E-state index is 14.1. The van der Waals surface area contributed by atoms with E-state index in [-0.39, 0.29) is 29.2 Å². The maximum absolute atomic E-state index is 14.1. The van der Waals surface area contributed by atoms with Gasteiger partial charge in [0.25, 0.3) is 0 Å². The SMILES string of the molecule is COC(=O)N1CCC2(CCN(C3COC(c4cc(F)ccc4F)C(N)C3)CC2)C1. The van der Waals surface area contributed by atoms with Gasteiger partial charge in [-0.2, -0.15) is 0 Å². The Balaban J connectivity index is 1.33. The predicted octanol–water partition coefficient (Wildman–Crippen LogP) is 2.68. The lowest BCUT2D eigenvalue weighted by Crippen LogP contribution is -2.53. The van der Waals surface area contributed by atoms with Crippen molar-refractivity contribution < 1.29 is 23.0 Å². The Morgan fingerprint density at radius 3 is 2.66 bits per heavy atom. The van der Waals surface area contributed by atoms with Crippen molar-refractivity contribution in [3.8, 4) is 0 Å². The third-order valence-electron chi connectivity index (χ3n) is 6.91. The molecular weight excluding hydrogens is 380 g/mol. The average molecular weight is 409 g/mol. The van der Waals surface area contributed by atoms with Gasteiger partial charge in [-0.3, -0.25) is 4.90 Å². The zero-order valence-corrected chi connectivity index (χ0v) is 16.8. The van der Waals surface area contributed by atoms with Crippen molar-refractivity contribution >= 4 is 6.09 Å². The first-order chi connectivity index (χ1) is 13.9. The fraction of sp³-hybridized carbons (Fsp3) is 0.667. The third-order valence-corrected chi connectivity index (χ3v) is 6.91. The summed E-state index contributed by atoms with van der Waals surface area (Å²) in [5, 5.41) is 0. The first-order valence-corrected chi connectivity index (χ1v) is 10.3. The van der Waals surface area contributed by atoms with Crippen LogP contribution in [0.3, 0.4) is 0 Å². The minimum absolute atomic E-state index is 0.174. The van der Waals surface area contributed by atoms with Gasteiger partial charge in [0.1, 0.15) is 17.7 Å². The number of methoxy groups -OCH3 is 1. The van der Waals surface area contributed by atoms with Gasteiger partial charge in [-0.15, -0.1) is 0 Å². The maximum Gasteiger partial charge on any atom is 0.409 e. The van der Waals surface area contributed by atoms with Gasteiger partial charge in [0.15, 0.2) is 0 Å². The summed E-state index contributed by atoms with van der Waals surface area (Å²) in [7, 11) is 1.42. The van der Waals surface area contributed by atoms with Crippen LogP contribution in [0.1, 0.15) is 37.4 Å². The molecular formula is C21H29F2N3O3. The third kappa shape index (κ3) is 4.11. The molecule has 3 fully saturated rings. The molecule has 2 N–H and O–H groups in total. The van der Waals surface area contributed by atoms with Crippen molar-refractivity contribution in [2.45, 2.75) is 43.9 Å². The van der Waals surface area contributed by atoms with Crippen molar-refractivity contribution in [2.24, 2.45) is 11.1 Å². The highest BCUT2D eigenvalue weighted by Gasteiger charge is 2.44. The molecule has 8 heteroatoms. The highest BCUT2D eigenvalue weighted by atomic mass is 19.1. The molecule has 6 nitrogen and oxygen atoms in total. The van der Waals surface area contributed by atoms with Crippen LogP contribution < -0.4 is 5.73 Å². The van der Waals surface area contributed by atoms with E-state index < -0.39 is 17.7 Å². The van der Waals surface area contributed by atoms with Crippen molar-refractivity contribution in [3.63, 3.8) is 0 Å². The molecule has 29 heavy (non-hydrogen) atoms. The topological polar surface area (TPSA) is 68.0 Å². The quantitative estimate of drug-likeness (QED) is 0.814. The number of ether oxygens (including phenoxy) is 2. The molecule has 0 radical (unpaired) electrons. The molecule has 0 aliphatic carbocycles. The van der Waals surface area contributed by atoms with Gasteiger partial charge in [0.05, 0.1) is 13.7 Å². The van der Waals surface area contributed by atoms with Crippen LogP contribution in [0.2, 0.25) is 0 Å². The van der Waals surface area contributed by atoms with E-state index in [0.717, 1.165) is 57.6 Å². The smallest absolute Gasteiger partial charge is 0.409 e. The van der Waals surface area contributed by atoms with Crippen molar-refractivity contribution in [1.82, 2.24) is 9.80 Å². The summed E-state index contributed by atoms with van der Waals surface area (Å²) in [5.74, 6) is -0.972. The van der Waals surface area contributed by atoms with E-state index in [9.17, 15) is 13.6 Å². The van der Waals surface area contributed by atoms with Crippen LogP contribution in [0, 0.1) is 17.0 Å². The van der Waals surface area contributed by atoms with Gasteiger partial charge in [-0.1, -0.05) is 0 Å². The summed E-state index contributed by atoms with van der Waals surface area (Å²) in [4.78, 5) is 16.0. The minimum atomic E-state index is -0.624. The van der Waals surface area contributed by atoms with Crippen LogP contribution in [0.5, 0.6) is 0 Å². The normalized spacial score (nSPS) is 29.9. The number of hydrogen-bond donors (Lipinski definition) is 1. The van der Waals surface area contributed by atoms with Crippen molar-refractivity contribution in [2.75, 3.05) is 39.9 Å². The zero-order valence-electron chi connectivity index (χ0n) is 16.8. The molecule has 3 aliphatic heterocycles. The molecule has 3 saturated heterocycles. The summed E-state index contributed by atoms with van der Waals surface area (Å²) in [5.41, 5.74) is 6.68. The number of hydrogen-bond acceptors (Lipinski definition) is 5. The summed E-state index contributed by atoms with van der Waals surface area (Å²) in [6.07, 6.45) is 2.87. The summed E-state index contributed by atoms with van der Waals surface area (Å²) in [6, 6.07) is 3.19. The second-order valence-corrected chi connectivity index (χ2v) is 8.65. The van der Waals surface area contributed by atoms with Gasteiger partial charge >= 0.3 is 6.09 Å². The minimum Gasteiger partial charge on any atom is -0.453 e. The Morgan fingerprint density at radius 1 is 1.24 bits per heavy atom. The average Bonchev–Trinajstić information content (AvgIpc) is 3.13. The van der Waals surface area contributed by atoms with E-state index in [1.165, 1.54) is 13.2 Å². The van der Waals surface area contributed by atoms with E-state index in [4.69, 9.17) is 15.2 Å². The molecule has 4 rings (SSSR count). The molecule has 0 aromatic heterocycles. The fourth-order valence-corrected chi connectivity index (χ4v) is 5.14. The first-order valence-electron chi connectivity index (χ1n) is 10.3. The van der Waals surface area contributed by atoms with Crippen LogP contribution >= 0.6 is 0 Å². The number of carbonyl (C=O) groups is 1. The Kier molecular flexibility index (Phi) is 5.77. The highest BCUT2D eigenvalue weighted by Crippen LogP contribution is 2.42. The molecule has 3 unspecified atom stereocenters. The molecule has 160 valence electrons. The monoisotopic (exact) mass is 409 g/mol. The van der Waals surface area contributed by atoms with Gasteiger partial charge in [0, 0.05) is 30.7 Å². The lowest BCUT2D eigenvalue weighted by atomic mass is 9.77. The number of nitrogens with two attached hydrogens (primary N) is 1. The molecule has 1 aromatic rings. The van der Waals surface area contributed by atoms with Crippen LogP contribution in [-0.2, 0) is 9.47 Å². The Hall–Kier alpha value is -1.77. The van der Waals surface area contributed by atoms with E-state index in [1.54, 1.807) is 4.90 Å². The summed E-state index contributed by atoms with van der Waals surface area (Å²) in [6.45, 7) is 3.82. The Morgan fingerprint density at radius 2 is 1.97 bits per heavy atom. The van der Waals surface area contributed by atoms with Crippen LogP contribution in [0.15, 0.2) is 18.2 Å². The lowest BCUT2D eigenvalue weighted by Gasteiger charge is -2.45. The molecule has 0 bridgehead atoms. The van der Waals surface area contributed by atoms with E-state index >= 15 is 0 Å². The number of nitrogens with zero attached hydrogens (tertiary/aromatic N) is 2. The number of halogens is 2. The molecule has 3 atom stereocenters.